The second-order valence-electron chi connectivity index (χ2n) is 9.66. The summed E-state index contributed by atoms with van der Waals surface area (Å²) in [5, 5.41) is 20.5. The van der Waals surface area contributed by atoms with Crippen LogP contribution < -0.4 is 4.74 Å². The van der Waals surface area contributed by atoms with Gasteiger partial charge in [0.1, 0.15) is 34.4 Å². The normalized spacial score (nSPS) is 14.5. The average molecular weight is 511 g/mol. The maximum absolute atomic E-state index is 12.6. The van der Waals surface area contributed by atoms with Gasteiger partial charge in [-0.05, 0) is 45.9 Å². The maximum atomic E-state index is 12.6. The predicted molar refractivity (Wildman–Crippen MR) is 133 cm³/mol. The molecule has 0 saturated carbocycles. The Labute approximate surface area is 213 Å². The number of halogens is 1. The van der Waals surface area contributed by atoms with E-state index in [1.807, 2.05) is 45.9 Å². The number of aromatic hydroxyl groups is 1. The zero-order valence-corrected chi connectivity index (χ0v) is 21.2. The minimum atomic E-state index is -0.606. The Morgan fingerprint density at radius 3 is 2.78 bits per heavy atom. The first-order chi connectivity index (χ1) is 17.1. The summed E-state index contributed by atoms with van der Waals surface area (Å²) in [7, 11) is 0. The Hall–Kier alpha value is -3.79. The van der Waals surface area contributed by atoms with Gasteiger partial charge in [0.15, 0.2) is 5.75 Å². The van der Waals surface area contributed by atoms with Crippen LogP contribution in [0.25, 0.3) is 16.8 Å². The fourth-order valence-corrected chi connectivity index (χ4v) is 4.34. The third kappa shape index (κ3) is 4.56. The standard InChI is InChI=1S/C25H27ClN6O4/c1-15(18-7-5-6-8-27-18)35-20-11-16(13-32-22(20)17(26)12-28-32)21-23(33)19-14-30(9-10-31(19)29-21)24(34)36-25(2,3)4/h5-8,11-13,15,33H,9-10,14H2,1-4H3/t15-/m1/s1. The molecule has 0 saturated heterocycles. The van der Waals surface area contributed by atoms with Crippen LogP contribution in [0.5, 0.6) is 11.5 Å². The molecule has 5 rings (SSSR count). The molecule has 1 aliphatic heterocycles. The largest absolute Gasteiger partial charge is 0.504 e. The summed E-state index contributed by atoms with van der Waals surface area (Å²) in [6.45, 7) is 8.39. The number of carbonyl (C=O) groups is 1. The Bertz CT molecular complexity index is 1430. The number of hydrogen-bond donors (Lipinski definition) is 1. The molecule has 4 aromatic heterocycles. The molecule has 0 fully saturated rings. The third-order valence-electron chi connectivity index (χ3n) is 5.82. The van der Waals surface area contributed by atoms with E-state index in [1.165, 1.54) is 6.20 Å². The van der Waals surface area contributed by atoms with Crippen molar-refractivity contribution in [3.8, 4) is 22.8 Å². The lowest BCUT2D eigenvalue weighted by molar-refractivity contribution is 0.0193. The van der Waals surface area contributed by atoms with Gasteiger partial charge in [-0.15, -0.1) is 0 Å². The van der Waals surface area contributed by atoms with Crippen molar-refractivity contribution in [3.05, 3.63) is 59.3 Å². The molecule has 10 nitrogen and oxygen atoms in total. The van der Waals surface area contributed by atoms with Crippen LogP contribution >= 0.6 is 11.6 Å². The molecular weight excluding hydrogens is 484 g/mol. The van der Waals surface area contributed by atoms with E-state index in [0.717, 1.165) is 5.69 Å². The molecule has 0 spiro atoms. The van der Waals surface area contributed by atoms with E-state index in [4.69, 9.17) is 21.1 Å². The van der Waals surface area contributed by atoms with Gasteiger partial charge in [-0.25, -0.2) is 9.31 Å². The number of nitrogens with zero attached hydrogens (tertiary/aromatic N) is 6. The molecule has 36 heavy (non-hydrogen) atoms. The lowest BCUT2D eigenvalue weighted by Crippen LogP contribution is -2.41. The number of pyridine rings is 2. The average Bonchev–Trinajstić information content (AvgIpc) is 3.38. The molecule has 188 valence electrons. The number of fused-ring (bicyclic) bond motifs is 2. The van der Waals surface area contributed by atoms with E-state index >= 15 is 0 Å². The fraction of sp³-hybridized carbons (Fsp3) is 0.360. The van der Waals surface area contributed by atoms with Gasteiger partial charge in [-0.2, -0.15) is 10.2 Å². The number of carbonyl (C=O) groups excluding carboxylic acids is 1. The first-order valence-corrected chi connectivity index (χ1v) is 12.0. The Kier molecular flexibility index (Phi) is 5.99. The Morgan fingerprint density at radius 1 is 1.25 bits per heavy atom. The molecule has 4 aromatic rings. The second kappa shape index (κ2) is 9.02. The number of rotatable bonds is 4. The highest BCUT2D eigenvalue weighted by Crippen LogP contribution is 2.39. The highest BCUT2D eigenvalue weighted by molar-refractivity contribution is 6.34. The molecule has 0 aliphatic carbocycles. The summed E-state index contributed by atoms with van der Waals surface area (Å²) in [4.78, 5) is 18.5. The van der Waals surface area contributed by atoms with Crippen molar-refractivity contribution in [1.82, 2.24) is 29.3 Å². The molecule has 0 radical (unpaired) electrons. The lowest BCUT2D eigenvalue weighted by Gasteiger charge is -2.30. The van der Waals surface area contributed by atoms with E-state index < -0.39 is 11.7 Å². The zero-order valence-electron chi connectivity index (χ0n) is 20.5. The number of amides is 1. The molecule has 1 aliphatic rings. The molecule has 0 aromatic carbocycles. The Morgan fingerprint density at radius 2 is 2.06 bits per heavy atom. The topological polar surface area (TPSA) is 107 Å². The summed E-state index contributed by atoms with van der Waals surface area (Å²) in [6, 6.07) is 7.40. The van der Waals surface area contributed by atoms with Gasteiger partial charge in [0, 0.05) is 24.5 Å². The summed E-state index contributed by atoms with van der Waals surface area (Å²) >= 11 is 6.41. The fourth-order valence-electron chi connectivity index (χ4n) is 4.12. The molecule has 1 amide bonds. The van der Waals surface area contributed by atoms with Gasteiger partial charge in [-0.3, -0.25) is 9.67 Å². The van der Waals surface area contributed by atoms with Crippen molar-refractivity contribution in [2.24, 2.45) is 0 Å². The van der Waals surface area contributed by atoms with Crippen LogP contribution in [0.2, 0.25) is 5.02 Å². The van der Waals surface area contributed by atoms with Gasteiger partial charge >= 0.3 is 6.09 Å². The van der Waals surface area contributed by atoms with Crippen molar-refractivity contribution in [1.29, 1.82) is 0 Å². The van der Waals surface area contributed by atoms with Gasteiger partial charge in [-0.1, -0.05) is 17.7 Å². The van der Waals surface area contributed by atoms with Crippen molar-refractivity contribution < 1.29 is 19.4 Å². The van der Waals surface area contributed by atoms with Crippen LogP contribution in [0, 0.1) is 0 Å². The first-order valence-electron chi connectivity index (χ1n) is 11.6. The maximum Gasteiger partial charge on any atom is 0.410 e. The highest BCUT2D eigenvalue weighted by Gasteiger charge is 2.30. The third-order valence-corrected chi connectivity index (χ3v) is 6.09. The molecular formula is C25H27ClN6O4. The van der Waals surface area contributed by atoms with Crippen molar-refractivity contribution in [3.63, 3.8) is 0 Å². The molecule has 11 heteroatoms. The van der Waals surface area contributed by atoms with Gasteiger partial charge in [0.05, 0.1) is 30.0 Å². The van der Waals surface area contributed by atoms with Crippen LogP contribution in [0.3, 0.4) is 0 Å². The predicted octanol–water partition coefficient (Wildman–Crippen LogP) is 4.84. The number of hydrogen-bond acceptors (Lipinski definition) is 7. The molecule has 5 heterocycles. The van der Waals surface area contributed by atoms with E-state index in [0.29, 0.717) is 46.3 Å². The summed E-state index contributed by atoms with van der Waals surface area (Å²) < 4.78 is 15.1. The van der Waals surface area contributed by atoms with E-state index in [9.17, 15) is 9.90 Å². The van der Waals surface area contributed by atoms with Crippen LogP contribution in [0.15, 0.2) is 42.9 Å². The van der Waals surface area contributed by atoms with Crippen molar-refractivity contribution in [2.75, 3.05) is 6.54 Å². The SMILES string of the molecule is C[C@@H](Oc1cc(-c2nn3c(c2O)CN(C(=O)OC(C)(C)C)CC3)cn2ncc(Cl)c12)c1ccccn1. The summed E-state index contributed by atoms with van der Waals surface area (Å²) in [6.07, 6.45) is 4.20. The van der Waals surface area contributed by atoms with Gasteiger partial charge in [0.25, 0.3) is 0 Å². The smallest absolute Gasteiger partial charge is 0.410 e. The lowest BCUT2D eigenvalue weighted by atomic mass is 10.1. The summed E-state index contributed by atoms with van der Waals surface area (Å²) in [5.74, 6) is 0.471. The number of aromatic nitrogens is 5. The van der Waals surface area contributed by atoms with Gasteiger partial charge in [0.2, 0.25) is 0 Å². The Balaban J connectivity index is 1.49. The minimum absolute atomic E-state index is 0.00964. The minimum Gasteiger partial charge on any atom is -0.504 e. The zero-order chi connectivity index (χ0) is 25.6. The van der Waals surface area contributed by atoms with Crippen molar-refractivity contribution in [2.45, 2.75) is 52.5 Å². The molecule has 0 bridgehead atoms. The van der Waals surface area contributed by atoms with Crippen LogP contribution in [0.4, 0.5) is 4.79 Å². The molecule has 0 unspecified atom stereocenters. The van der Waals surface area contributed by atoms with Gasteiger partial charge < -0.3 is 19.5 Å². The summed E-state index contributed by atoms with van der Waals surface area (Å²) in [5.41, 5.74) is 2.24. The van der Waals surface area contributed by atoms with E-state index in [2.05, 4.69) is 15.2 Å². The monoisotopic (exact) mass is 510 g/mol. The second-order valence-corrected chi connectivity index (χ2v) is 10.1. The number of ether oxygens (including phenoxy) is 2. The quantitative estimate of drug-likeness (QED) is 0.418. The molecule has 1 N–H and O–H groups in total. The molecule has 1 atom stereocenters. The van der Waals surface area contributed by atoms with Crippen LogP contribution in [-0.2, 0) is 17.8 Å². The first kappa shape index (κ1) is 23.9. The van der Waals surface area contributed by atoms with Crippen LogP contribution in [0.1, 0.15) is 45.2 Å². The van der Waals surface area contributed by atoms with Crippen LogP contribution in [-0.4, -0.2) is 52.6 Å². The van der Waals surface area contributed by atoms with E-state index in [1.54, 1.807) is 32.6 Å². The van der Waals surface area contributed by atoms with Crippen molar-refractivity contribution >= 4 is 23.2 Å². The highest BCUT2D eigenvalue weighted by atomic mass is 35.5. The van der Waals surface area contributed by atoms with E-state index in [-0.39, 0.29) is 18.4 Å².